The summed E-state index contributed by atoms with van der Waals surface area (Å²) in [5.74, 6) is -0.126. The number of hydrogen-bond donors (Lipinski definition) is 1. The maximum absolute atomic E-state index is 13.3. The molecule has 176 valence electrons. The Morgan fingerprint density at radius 2 is 1.89 bits per heavy atom. The van der Waals surface area contributed by atoms with E-state index < -0.39 is 5.91 Å². The maximum Gasteiger partial charge on any atom is 0.283 e. The van der Waals surface area contributed by atoms with Gasteiger partial charge < -0.3 is 9.30 Å². The number of amides is 1. The van der Waals surface area contributed by atoms with Crippen LogP contribution in [0.4, 0.5) is 4.39 Å². The van der Waals surface area contributed by atoms with Gasteiger partial charge in [0.2, 0.25) is 5.17 Å². The number of hydrogen-bond acceptors (Lipinski definition) is 5. The number of rotatable bonds is 5. The summed E-state index contributed by atoms with van der Waals surface area (Å²) in [5, 5.41) is 15.3. The van der Waals surface area contributed by atoms with Crippen LogP contribution in [-0.4, -0.2) is 38.1 Å². The van der Waals surface area contributed by atoms with Crippen molar-refractivity contribution in [2.45, 2.75) is 20.8 Å². The van der Waals surface area contributed by atoms with Crippen molar-refractivity contribution < 1.29 is 13.9 Å². The van der Waals surface area contributed by atoms with Crippen LogP contribution in [0.3, 0.4) is 0 Å². The van der Waals surface area contributed by atoms with Gasteiger partial charge in [0, 0.05) is 17.0 Å². The molecular formula is C26H22FN5O2S. The highest BCUT2D eigenvalue weighted by Crippen LogP contribution is 2.33. The first-order valence-corrected chi connectivity index (χ1v) is 11.9. The molecule has 9 heteroatoms. The summed E-state index contributed by atoms with van der Waals surface area (Å²) in [7, 11) is 0. The molecular weight excluding hydrogens is 465 g/mol. The molecule has 2 aliphatic rings. The molecule has 0 atom stereocenters. The molecule has 35 heavy (non-hydrogen) atoms. The summed E-state index contributed by atoms with van der Waals surface area (Å²) < 4.78 is 21.2. The van der Waals surface area contributed by atoms with Gasteiger partial charge in [-0.3, -0.25) is 10.2 Å². The number of thioether (sulfide) groups is 1. The van der Waals surface area contributed by atoms with Crippen molar-refractivity contribution in [2.24, 2.45) is 10.1 Å². The van der Waals surface area contributed by atoms with E-state index in [0.29, 0.717) is 22.4 Å². The van der Waals surface area contributed by atoms with Gasteiger partial charge in [-0.2, -0.15) is 15.1 Å². The number of hydrazone groups is 1. The molecule has 5 rings (SSSR count). The number of aromatic nitrogens is 1. The van der Waals surface area contributed by atoms with E-state index in [1.807, 2.05) is 51.1 Å². The number of fused-ring (bicyclic) bond motifs is 1. The van der Waals surface area contributed by atoms with Crippen LogP contribution < -0.4 is 4.74 Å². The Labute approximate surface area is 206 Å². The fourth-order valence-electron chi connectivity index (χ4n) is 4.08. The molecule has 3 heterocycles. The molecule has 0 saturated heterocycles. The number of carbonyl (C=O) groups is 1. The van der Waals surface area contributed by atoms with Crippen LogP contribution in [0.1, 0.15) is 29.4 Å². The minimum atomic E-state index is -0.496. The van der Waals surface area contributed by atoms with Gasteiger partial charge in [-0.15, -0.1) is 0 Å². The molecule has 0 unspecified atom stereocenters. The second-order valence-corrected chi connectivity index (χ2v) is 8.95. The highest BCUT2D eigenvalue weighted by atomic mass is 32.2. The normalized spacial score (nSPS) is 16.5. The SMILES string of the molecule is CCOc1ccccc1-n1c(C)cc(/C=C2\C(=N)N3N=C(c4ccc(F)cc4)SC3=NC2=O)c1C. The average molecular weight is 488 g/mol. The Morgan fingerprint density at radius 3 is 2.63 bits per heavy atom. The molecule has 1 amide bonds. The number of para-hydroxylation sites is 2. The molecule has 1 aromatic heterocycles. The number of halogens is 1. The van der Waals surface area contributed by atoms with Crippen LogP contribution in [-0.2, 0) is 4.79 Å². The second kappa shape index (κ2) is 8.99. The van der Waals surface area contributed by atoms with Gasteiger partial charge in [-0.1, -0.05) is 12.1 Å². The fourth-order valence-corrected chi connectivity index (χ4v) is 4.98. The number of amidine groups is 2. The number of carbonyl (C=O) groups excluding carboxylic acids is 1. The minimum absolute atomic E-state index is 0.0517. The van der Waals surface area contributed by atoms with Gasteiger partial charge in [-0.25, -0.2) is 4.39 Å². The van der Waals surface area contributed by atoms with E-state index in [0.717, 1.165) is 28.4 Å². The van der Waals surface area contributed by atoms with E-state index in [1.54, 1.807) is 18.2 Å². The lowest BCUT2D eigenvalue weighted by Gasteiger charge is -2.20. The van der Waals surface area contributed by atoms with Gasteiger partial charge in [0.05, 0.1) is 17.9 Å². The highest BCUT2D eigenvalue weighted by Gasteiger charge is 2.36. The van der Waals surface area contributed by atoms with Crippen molar-refractivity contribution in [1.82, 2.24) is 9.58 Å². The lowest BCUT2D eigenvalue weighted by atomic mass is 10.1. The van der Waals surface area contributed by atoms with Crippen LogP contribution in [0.2, 0.25) is 0 Å². The van der Waals surface area contributed by atoms with Gasteiger partial charge in [0.15, 0.2) is 5.84 Å². The van der Waals surface area contributed by atoms with Crippen LogP contribution in [0.25, 0.3) is 11.8 Å². The minimum Gasteiger partial charge on any atom is -0.492 e. The molecule has 2 aliphatic heterocycles. The number of nitrogens with zero attached hydrogens (tertiary/aromatic N) is 4. The predicted octanol–water partition coefficient (Wildman–Crippen LogP) is 5.30. The predicted molar refractivity (Wildman–Crippen MR) is 137 cm³/mol. The van der Waals surface area contributed by atoms with Crippen LogP contribution in [0, 0.1) is 25.1 Å². The van der Waals surface area contributed by atoms with E-state index >= 15 is 0 Å². The average Bonchev–Trinajstić information content (AvgIpc) is 3.38. The summed E-state index contributed by atoms with van der Waals surface area (Å²) in [6, 6.07) is 15.7. The third kappa shape index (κ3) is 4.08. The lowest BCUT2D eigenvalue weighted by Crippen LogP contribution is -2.35. The zero-order valence-electron chi connectivity index (χ0n) is 19.4. The zero-order chi connectivity index (χ0) is 24.7. The quantitative estimate of drug-likeness (QED) is 0.495. The van der Waals surface area contributed by atoms with E-state index in [2.05, 4.69) is 14.7 Å². The summed E-state index contributed by atoms with van der Waals surface area (Å²) in [6.45, 7) is 6.44. The largest absolute Gasteiger partial charge is 0.492 e. The molecule has 0 bridgehead atoms. The van der Waals surface area contributed by atoms with Crippen molar-refractivity contribution in [3.05, 3.63) is 88.5 Å². The van der Waals surface area contributed by atoms with Crippen molar-refractivity contribution in [1.29, 1.82) is 5.41 Å². The molecule has 0 saturated carbocycles. The molecule has 7 nitrogen and oxygen atoms in total. The topological polar surface area (TPSA) is 83.0 Å². The first-order valence-electron chi connectivity index (χ1n) is 11.0. The van der Waals surface area contributed by atoms with Crippen molar-refractivity contribution >= 4 is 39.8 Å². The van der Waals surface area contributed by atoms with Crippen LogP contribution in [0.5, 0.6) is 5.75 Å². The van der Waals surface area contributed by atoms with Gasteiger partial charge in [0.1, 0.15) is 16.6 Å². The molecule has 3 aromatic rings. The van der Waals surface area contributed by atoms with Crippen molar-refractivity contribution in [3.8, 4) is 11.4 Å². The Kier molecular flexibility index (Phi) is 5.86. The first kappa shape index (κ1) is 22.8. The molecule has 2 aromatic carbocycles. The Bertz CT molecular complexity index is 1450. The van der Waals surface area contributed by atoms with Crippen molar-refractivity contribution in [2.75, 3.05) is 6.61 Å². The van der Waals surface area contributed by atoms with Crippen LogP contribution in [0.15, 0.2) is 70.3 Å². The summed E-state index contributed by atoms with van der Waals surface area (Å²) >= 11 is 1.18. The van der Waals surface area contributed by atoms with Crippen LogP contribution >= 0.6 is 11.8 Å². The number of nitrogens with one attached hydrogen (secondary N) is 1. The maximum atomic E-state index is 13.3. The standard InChI is InChI=1S/C26H22FN5O2S/c1-4-34-22-8-6-5-7-21(22)31-15(2)13-18(16(31)3)14-20-23(28)32-26(29-24(20)33)35-25(30-32)17-9-11-19(27)12-10-17/h5-14,28H,4H2,1-3H3/b20-14+,28-23?. The monoisotopic (exact) mass is 487 g/mol. The van der Waals surface area contributed by atoms with Gasteiger partial charge >= 0.3 is 0 Å². The third-order valence-corrected chi connectivity index (χ3v) is 6.68. The highest BCUT2D eigenvalue weighted by molar-refractivity contribution is 8.27. The molecule has 0 spiro atoms. The summed E-state index contributed by atoms with van der Waals surface area (Å²) in [6.07, 6.45) is 1.68. The third-order valence-electron chi connectivity index (χ3n) is 5.72. The van der Waals surface area contributed by atoms with E-state index in [-0.39, 0.29) is 17.2 Å². The fraction of sp³-hybridized carbons (Fsp3) is 0.154. The number of aliphatic imine (C=N–C) groups is 1. The van der Waals surface area contributed by atoms with Gasteiger partial charge in [-0.05, 0) is 86.6 Å². The van der Waals surface area contributed by atoms with Crippen molar-refractivity contribution in [3.63, 3.8) is 0 Å². The molecule has 0 radical (unpaired) electrons. The number of aryl methyl sites for hydroxylation is 1. The summed E-state index contributed by atoms with van der Waals surface area (Å²) in [5.41, 5.74) is 4.42. The molecule has 0 fully saturated rings. The number of ether oxygens (including phenoxy) is 1. The molecule has 1 N–H and O–H groups in total. The Hall–Kier alpha value is -3.98. The lowest BCUT2D eigenvalue weighted by molar-refractivity contribution is -0.114. The molecule has 0 aliphatic carbocycles. The summed E-state index contributed by atoms with van der Waals surface area (Å²) in [4.78, 5) is 17.1. The van der Waals surface area contributed by atoms with E-state index in [1.165, 1.54) is 28.9 Å². The zero-order valence-corrected chi connectivity index (χ0v) is 20.2. The van der Waals surface area contributed by atoms with E-state index in [4.69, 9.17) is 10.1 Å². The van der Waals surface area contributed by atoms with E-state index in [9.17, 15) is 9.18 Å². The number of benzene rings is 2. The Balaban J connectivity index is 1.51. The second-order valence-electron chi connectivity index (χ2n) is 7.99. The Morgan fingerprint density at radius 1 is 1.14 bits per heavy atom. The smallest absolute Gasteiger partial charge is 0.283 e. The van der Waals surface area contributed by atoms with Gasteiger partial charge in [0.25, 0.3) is 5.91 Å². The first-order chi connectivity index (χ1) is 16.9.